The highest BCUT2D eigenvalue weighted by Crippen LogP contribution is 2.42. The molecule has 0 spiro atoms. The molecule has 3 aliphatic rings. The molecule has 0 aromatic rings. The molecule has 7 nitrogen and oxygen atoms in total. The van der Waals surface area contributed by atoms with Gasteiger partial charge >= 0.3 is 6.16 Å². The minimum Gasteiger partial charge on any atom is -0.430 e. The van der Waals surface area contributed by atoms with Gasteiger partial charge in [0.1, 0.15) is 24.9 Å². The predicted octanol–water partition coefficient (Wildman–Crippen LogP) is 0.969. The number of rotatable bonds is 3. The van der Waals surface area contributed by atoms with E-state index >= 15 is 0 Å². The molecule has 3 fully saturated rings. The van der Waals surface area contributed by atoms with Gasteiger partial charge < -0.3 is 28.4 Å². The highest BCUT2D eigenvalue weighted by molar-refractivity contribution is 5.60. The summed E-state index contributed by atoms with van der Waals surface area (Å²) in [6.45, 7) is 7.45. The maximum atomic E-state index is 11.4. The molecule has 3 heterocycles. The van der Waals surface area contributed by atoms with Crippen LogP contribution in [0.25, 0.3) is 0 Å². The summed E-state index contributed by atoms with van der Waals surface area (Å²) in [6, 6.07) is 0. The van der Waals surface area contributed by atoms with Crippen LogP contribution in [-0.4, -0.2) is 55.9 Å². The van der Waals surface area contributed by atoms with E-state index in [9.17, 15) is 4.79 Å². The lowest BCUT2D eigenvalue weighted by molar-refractivity contribution is -0.215. The van der Waals surface area contributed by atoms with Gasteiger partial charge in [-0.1, -0.05) is 12.7 Å². The van der Waals surface area contributed by atoms with Crippen molar-refractivity contribution < 1.29 is 33.2 Å². The van der Waals surface area contributed by atoms with Crippen LogP contribution in [0, 0.1) is 0 Å². The second-order valence-electron chi connectivity index (χ2n) is 5.37. The number of hydrogen-bond donors (Lipinski definition) is 0. The van der Waals surface area contributed by atoms with Crippen LogP contribution in [0.15, 0.2) is 12.7 Å². The lowest BCUT2D eigenvalue weighted by atomic mass is 10.1. The zero-order valence-electron chi connectivity index (χ0n) is 11.4. The van der Waals surface area contributed by atoms with Gasteiger partial charge in [0.15, 0.2) is 18.2 Å². The zero-order chi connectivity index (χ0) is 14.3. The standard InChI is InChI=1S/C13H18O7/c1-4-5-15-12(14)17-7-6-16-9-8(7)18-11-10(9)19-13(2,3)20-11/h4,7-11H,1,5-6H2,2-3H3/t7-,8-,9+,10-,11-/m1/s1. The smallest absolute Gasteiger partial charge is 0.430 e. The van der Waals surface area contributed by atoms with E-state index in [4.69, 9.17) is 28.4 Å². The highest BCUT2D eigenvalue weighted by atomic mass is 16.9. The third kappa shape index (κ3) is 2.42. The Bertz CT molecular complexity index is 408. The van der Waals surface area contributed by atoms with Gasteiger partial charge in [0.05, 0.1) is 6.61 Å². The van der Waals surface area contributed by atoms with Gasteiger partial charge in [0.25, 0.3) is 0 Å². The van der Waals surface area contributed by atoms with Crippen molar-refractivity contribution in [2.45, 2.75) is 50.3 Å². The Morgan fingerprint density at radius 3 is 2.90 bits per heavy atom. The molecule has 0 saturated carbocycles. The van der Waals surface area contributed by atoms with Gasteiger partial charge in [-0.3, -0.25) is 0 Å². The predicted molar refractivity (Wildman–Crippen MR) is 64.9 cm³/mol. The quantitative estimate of drug-likeness (QED) is 0.565. The molecular formula is C13H18O7. The van der Waals surface area contributed by atoms with Crippen molar-refractivity contribution >= 4 is 6.16 Å². The molecule has 3 rings (SSSR count). The molecular weight excluding hydrogens is 268 g/mol. The molecule has 7 heteroatoms. The number of carbonyl (C=O) groups excluding carboxylic acids is 1. The summed E-state index contributed by atoms with van der Waals surface area (Å²) in [7, 11) is 0. The molecule has 20 heavy (non-hydrogen) atoms. The molecule has 0 aromatic heterocycles. The Morgan fingerprint density at radius 2 is 2.15 bits per heavy atom. The fourth-order valence-electron chi connectivity index (χ4n) is 2.68. The van der Waals surface area contributed by atoms with E-state index < -0.39 is 30.4 Å². The Kier molecular flexibility index (Phi) is 3.45. The van der Waals surface area contributed by atoms with Crippen molar-refractivity contribution in [2.24, 2.45) is 0 Å². The summed E-state index contributed by atoms with van der Waals surface area (Å²) in [5.74, 6) is -0.689. The van der Waals surface area contributed by atoms with Crippen molar-refractivity contribution in [3.8, 4) is 0 Å². The minimum atomic E-state index is -0.762. The minimum absolute atomic E-state index is 0.104. The number of ether oxygens (including phenoxy) is 6. The first-order valence-electron chi connectivity index (χ1n) is 6.57. The van der Waals surface area contributed by atoms with Gasteiger partial charge in [-0.15, -0.1) is 0 Å². The summed E-state index contributed by atoms with van der Waals surface area (Å²) < 4.78 is 32.7. The fraction of sp³-hybridized carbons (Fsp3) is 0.769. The largest absolute Gasteiger partial charge is 0.509 e. The van der Waals surface area contributed by atoms with Gasteiger partial charge in [0.2, 0.25) is 0 Å². The van der Waals surface area contributed by atoms with Gasteiger partial charge in [0, 0.05) is 0 Å². The molecule has 0 aliphatic carbocycles. The normalized spacial score (nSPS) is 41.0. The monoisotopic (exact) mass is 286 g/mol. The maximum Gasteiger partial charge on any atom is 0.509 e. The third-order valence-electron chi connectivity index (χ3n) is 3.41. The van der Waals surface area contributed by atoms with Crippen LogP contribution >= 0.6 is 0 Å². The summed E-state index contributed by atoms with van der Waals surface area (Å²) in [5, 5.41) is 0. The number of hydrogen-bond acceptors (Lipinski definition) is 7. The van der Waals surface area contributed by atoms with E-state index in [1.54, 1.807) is 0 Å². The summed E-state index contributed by atoms with van der Waals surface area (Å²) in [5.41, 5.74) is 0. The first-order valence-corrected chi connectivity index (χ1v) is 6.57. The lowest BCUT2D eigenvalue weighted by Crippen LogP contribution is -2.37. The van der Waals surface area contributed by atoms with Crippen molar-refractivity contribution in [2.75, 3.05) is 13.2 Å². The summed E-state index contributed by atoms with van der Waals surface area (Å²) >= 11 is 0. The second kappa shape index (κ2) is 5.00. The highest BCUT2D eigenvalue weighted by Gasteiger charge is 2.60. The first kappa shape index (κ1) is 13.8. The van der Waals surface area contributed by atoms with Crippen LogP contribution in [0.5, 0.6) is 0 Å². The average Bonchev–Trinajstić information content (AvgIpc) is 2.97. The molecule has 0 radical (unpaired) electrons. The molecule has 5 atom stereocenters. The number of fused-ring (bicyclic) bond motifs is 3. The lowest BCUT2D eigenvalue weighted by Gasteiger charge is -2.22. The van der Waals surface area contributed by atoms with Gasteiger partial charge in [-0.05, 0) is 13.8 Å². The maximum absolute atomic E-state index is 11.4. The van der Waals surface area contributed by atoms with Crippen LogP contribution in [-0.2, 0) is 28.4 Å². The fourth-order valence-corrected chi connectivity index (χ4v) is 2.68. The molecule has 0 aromatic carbocycles. The van der Waals surface area contributed by atoms with E-state index in [-0.39, 0.29) is 25.4 Å². The molecule has 0 unspecified atom stereocenters. The second-order valence-corrected chi connectivity index (χ2v) is 5.37. The Balaban J connectivity index is 1.58. The SMILES string of the molecule is C=CCOC(=O)O[C@@H]1CO[C@@H]2[C@H]3OC(C)(C)O[C@H]3O[C@@H]21. The molecule has 112 valence electrons. The van der Waals surface area contributed by atoms with Crippen LogP contribution in [0.4, 0.5) is 4.79 Å². The van der Waals surface area contributed by atoms with Crippen LogP contribution < -0.4 is 0 Å². The van der Waals surface area contributed by atoms with Crippen LogP contribution in [0.2, 0.25) is 0 Å². The molecule has 0 N–H and O–H groups in total. The summed E-state index contributed by atoms with van der Waals surface area (Å²) in [6.07, 6.45) is -1.28. The number of carbonyl (C=O) groups is 1. The van der Waals surface area contributed by atoms with E-state index in [1.807, 2.05) is 13.8 Å². The zero-order valence-corrected chi connectivity index (χ0v) is 11.4. The Labute approximate surface area is 116 Å². The third-order valence-corrected chi connectivity index (χ3v) is 3.41. The van der Waals surface area contributed by atoms with Gasteiger partial charge in [-0.25, -0.2) is 4.79 Å². The van der Waals surface area contributed by atoms with Gasteiger partial charge in [-0.2, -0.15) is 0 Å². The van der Waals surface area contributed by atoms with E-state index in [0.29, 0.717) is 0 Å². The van der Waals surface area contributed by atoms with Crippen molar-refractivity contribution in [1.82, 2.24) is 0 Å². The van der Waals surface area contributed by atoms with Crippen molar-refractivity contribution in [3.63, 3.8) is 0 Å². The van der Waals surface area contributed by atoms with Crippen molar-refractivity contribution in [3.05, 3.63) is 12.7 Å². The molecule has 0 bridgehead atoms. The Morgan fingerprint density at radius 1 is 1.35 bits per heavy atom. The van der Waals surface area contributed by atoms with Crippen molar-refractivity contribution in [1.29, 1.82) is 0 Å². The molecule has 3 aliphatic heterocycles. The average molecular weight is 286 g/mol. The molecule has 0 amide bonds. The van der Waals surface area contributed by atoms with E-state index in [2.05, 4.69) is 6.58 Å². The molecule has 3 saturated heterocycles. The van der Waals surface area contributed by atoms with E-state index in [1.165, 1.54) is 6.08 Å². The van der Waals surface area contributed by atoms with Crippen LogP contribution in [0.1, 0.15) is 13.8 Å². The first-order chi connectivity index (χ1) is 9.50. The summed E-state index contributed by atoms with van der Waals surface area (Å²) in [4.78, 5) is 11.4. The Hall–Kier alpha value is -1.15. The van der Waals surface area contributed by atoms with Crippen LogP contribution in [0.3, 0.4) is 0 Å². The topological polar surface area (TPSA) is 72.5 Å². The van der Waals surface area contributed by atoms with E-state index in [0.717, 1.165) is 0 Å².